The van der Waals surface area contributed by atoms with Gasteiger partial charge in [0.2, 0.25) is 5.91 Å². The molecule has 0 atom stereocenters. The van der Waals surface area contributed by atoms with Crippen LogP contribution in [0.15, 0.2) is 48.5 Å². The van der Waals surface area contributed by atoms with Crippen LogP contribution in [0.1, 0.15) is 12.0 Å². The van der Waals surface area contributed by atoms with Crippen LogP contribution in [0, 0.1) is 11.3 Å². The molecular weight excluding hydrogens is 320 g/mol. The number of rotatable bonds is 6. The molecule has 0 spiro atoms. The average Bonchev–Trinajstić information content (AvgIpc) is 2.62. The molecule has 25 heavy (non-hydrogen) atoms. The first-order valence-electron chi connectivity index (χ1n) is 7.59. The maximum absolute atomic E-state index is 11.8. The molecule has 0 saturated heterocycles. The average molecular weight is 338 g/mol. The molecule has 0 heterocycles. The summed E-state index contributed by atoms with van der Waals surface area (Å²) in [6, 6.07) is 15.1. The molecule has 128 valence electrons. The molecule has 7 nitrogen and oxygen atoms in total. The van der Waals surface area contributed by atoms with E-state index in [-0.39, 0.29) is 18.9 Å². The molecule has 3 amide bonds. The van der Waals surface area contributed by atoms with E-state index in [4.69, 9.17) is 10.00 Å². The fraction of sp³-hybridized carbons (Fsp3) is 0.167. The lowest BCUT2D eigenvalue weighted by atomic mass is 10.2. The van der Waals surface area contributed by atoms with Gasteiger partial charge in [0, 0.05) is 24.3 Å². The third-order valence-electron chi connectivity index (χ3n) is 3.26. The summed E-state index contributed by atoms with van der Waals surface area (Å²) in [5.41, 5.74) is 1.64. The number of benzene rings is 2. The minimum atomic E-state index is -0.399. The number of urea groups is 1. The summed E-state index contributed by atoms with van der Waals surface area (Å²) in [5, 5.41) is 16.8. The first-order valence-corrected chi connectivity index (χ1v) is 7.59. The summed E-state index contributed by atoms with van der Waals surface area (Å²) in [4.78, 5) is 23.6. The molecule has 7 heteroatoms. The number of nitrogens with one attached hydrogen (secondary N) is 3. The van der Waals surface area contributed by atoms with E-state index in [2.05, 4.69) is 16.0 Å². The Morgan fingerprint density at radius 1 is 1.08 bits per heavy atom. The molecule has 3 N–H and O–H groups in total. The van der Waals surface area contributed by atoms with Gasteiger partial charge in [0.15, 0.2) is 0 Å². The molecule has 0 fully saturated rings. The van der Waals surface area contributed by atoms with Crippen molar-refractivity contribution in [1.29, 1.82) is 5.26 Å². The van der Waals surface area contributed by atoms with Gasteiger partial charge in [-0.2, -0.15) is 5.26 Å². The lowest BCUT2D eigenvalue weighted by Gasteiger charge is -2.09. The smallest absolute Gasteiger partial charge is 0.319 e. The molecule has 0 unspecified atom stereocenters. The molecule has 2 aromatic carbocycles. The van der Waals surface area contributed by atoms with E-state index in [1.54, 1.807) is 55.6 Å². The minimum Gasteiger partial charge on any atom is -0.497 e. The summed E-state index contributed by atoms with van der Waals surface area (Å²) in [7, 11) is 1.57. The number of amides is 3. The largest absolute Gasteiger partial charge is 0.497 e. The van der Waals surface area contributed by atoms with Crippen molar-refractivity contribution in [2.45, 2.75) is 6.42 Å². The highest BCUT2D eigenvalue weighted by molar-refractivity contribution is 5.92. The fourth-order valence-electron chi connectivity index (χ4n) is 2.03. The number of hydrogen-bond acceptors (Lipinski definition) is 4. The Morgan fingerprint density at radius 2 is 1.84 bits per heavy atom. The van der Waals surface area contributed by atoms with Crippen molar-refractivity contribution in [2.24, 2.45) is 0 Å². The van der Waals surface area contributed by atoms with Crippen LogP contribution in [0.25, 0.3) is 0 Å². The molecule has 0 saturated carbocycles. The SMILES string of the molecule is COc1ccc(NC(=O)NCCC(=O)Nc2cccc(C#N)c2)cc1. The molecular formula is C18H18N4O3. The predicted octanol–water partition coefficient (Wildman–Crippen LogP) is 2.72. The second-order valence-electron chi connectivity index (χ2n) is 5.10. The van der Waals surface area contributed by atoms with E-state index in [1.807, 2.05) is 6.07 Å². The standard InChI is InChI=1S/C18H18N4O3/c1-25-16-7-5-14(6-8-16)22-18(24)20-10-9-17(23)21-15-4-2-3-13(11-15)12-19/h2-8,11H,9-10H2,1H3,(H,21,23)(H2,20,22,24). The van der Waals surface area contributed by atoms with Gasteiger partial charge >= 0.3 is 6.03 Å². The number of carbonyl (C=O) groups excluding carboxylic acids is 2. The van der Waals surface area contributed by atoms with Gasteiger partial charge in [-0.25, -0.2) is 4.79 Å². The maximum Gasteiger partial charge on any atom is 0.319 e. The van der Waals surface area contributed by atoms with E-state index in [0.29, 0.717) is 22.7 Å². The van der Waals surface area contributed by atoms with Crippen molar-refractivity contribution in [1.82, 2.24) is 5.32 Å². The van der Waals surface area contributed by atoms with Crippen LogP contribution in [0.3, 0.4) is 0 Å². The highest BCUT2D eigenvalue weighted by atomic mass is 16.5. The quantitative estimate of drug-likeness (QED) is 0.753. The second-order valence-corrected chi connectivity index (χ2v) is 5.10. The van der Waals surface area contributed by atoms with E-state index in [0.717, 1.165) is 0 Å². The van der Waals surface area contributed by atoms with Gasteiger partial charge in [0.05, 0.1) is 18.7 Å². The summed E-state index contributed by atoms with van der Waals surface area (Å²) in [5.74, 6) is 0.447. The predicted molar refractivity (Wildman–Crippen MR) is 94.4 cm³/mol. The molecule has 2 aromatic rings. The van der Waals surface area contributed by atoms with Gasteiger partial charge in [0.1, 0.15) is 5.75 Å². The topological polar surface area (TPSA) is 103 Å². The Labute approximate surface area is 145 Å². The normalized spacial score (nSPS) is 9.60. The Hall–Kier alpha value is -3.53. The number of nitriles is 1. The zero-order chi connectivity index (χ0) is 18.1. The Morgan fingerprint density at radius 3 is 2.52 bits per heavy atom. The second kappa shape index (κ2) is 8.93. The highest BCUT2D eigenvalue weighted by Crippen LogP contribution is 2.14. The zero-order valence-electron chi connectivity index (χ0n) is 13.7. The lowest BCUT2D eigenvalue weighted by Crippen LogP contribution is -2.31. The number of methoxy groups -OCH3 is 1. The third-order valence-corrected chi connectivity index (χ3v) is 3.26. The van der Waals surface area contributed by atoms with Gasteiger partial charge in [-0.05, 0) is 42.5 Å². The van der Waals surface area contributed by atoms with Crippen molar-refractivity contribution in [3.8, 4) is 11.8 Å². The van der Waals surface area contributed by atoms with Gasteiger partial charge in [-0.15, -0.1) is 0 Å². The summed E-state index contributed by atoms with van der Waals surface area (Å²) in [6.07, 6.45) is 0.118. The van der Waals surface area contributed by atoms with Gasteiger partial charge in [-0.1, -0.05) is 6.07 Å². The Kier molecular flexibility index (Phi) is 6.37. The molecule has 0 bridgehead atoms. The molecule has 2 rings (SSSR count). The van der Waals surface area contributed by atoms with Crippen molar-refractivity contribution in [2.75, 3.05) is 24.3 Å². The molecule has 0 aromatic heterocycles. The lowest BCUT2D eigenvalue weighted by molar-refractivity contribution is -0.116. The number of nitrogens with zero attached hydrogens (tertiary/aromatic N) is 1. The number of anilines is 2. The molecule has 0 aliphatic carbocycles. The van der Waals surface area contributed by atoms with Crippen molar-refractivity contribution >= 4 is 23.3 Å². The van der Waals surface area contributed by atoms with Gasteiger partial charge in [0.25, 0.3) is 0 Å². The van der Waals surface area contributed by atoms with Crippen molar-refractivity contribution < 1.29 is 14.3 Å². The van der Waals surface area contributed by atoms with Crippen LogP contribution < -0.4 is 20.7 Å². The van der Waals surface area contributed by atoms with Crippen LogP contribution in [-0.4, -0.2) is 25.6 Å². The number of hydrogen-bond donors (Lipinski definition) is 3. The van der Waals surface area contributed by atoms with Crippen LogP contribution in [0.2, 0.25) is 0 Å². The Balaban J connectivity index is 1.72. The molecule has 0 aliphatic heterocycles. The van der Waals surface area contributed by atoms with Crippen LogP contribution in [0.5, 0.6) is 5.75 Å². The first kappa shape index (κ1) is 17.8. The Bertz CT molecular complexity index is 782. The molecule has 0 aliphatic rings. The van der Waals surface area contributed by atoms with Crippen LogP contribution in [-0.2, 0) is 4.79 Å². The van der Waals surface area contributed by atoms with Gasteiger partial charge < -0.3 is 20.7 Å². The van der Waals surface area contributed by atoms with Crippen LogP contribution in [0.4, 0.5) is 16.2 Å². The van der Waals surface area contributed by atoms with Gasteiger partial charge in [-0.3, -0.25) is 4.79 Å². The number of ether oxygens (including phenoxy) is 1. The summed E-state index contributed by atoms with van der Waals surface area (Å²) < 4.78 is 5.04. The van der Waals surface area contributed by atoms with E-state index < -0.39 is 6.03 Å². The van der Waals surface area contributed by atoms with E-state index in [9.17, 15) is 9.59 Å². The van der Waals surface area contributed by atoms with Crippen LogP contribution >= 0.6 is 0 Å². The monoisotopic (exact) mass is 338 g/mol. The summed E-state index contributed by atoms with van der Waals surface area (Å²) >= 11 is 0. The van der Waals surface area contributed by atoms with Crippen molar-refractivity contribution in [3.63, 3.8) is 0 Å². The first-order chi connectivity index (χ1) is 12.1. The highest BCUT2D eigenvalue weighted by Gasteiger charge is 2.06. The van der Waals surface area contributed by atoms with E-state index >= 15 is 0 Å². The summed E-state index contributed by atoms with van der Waals surface area (Å²) in [6.45, 7) is 0.186. The molecule has 0 radical (unpaired) electrons. The third kappa shape index (κ3) is 5.88. The van der Waals surface area contributed by atoms with E-state index in [1.165, 1.54) is 0 Å². The maximum atomic E-state index is 11.8. The fourth-order valence-corrected chi connectivity index (χ4v) is 2.03. The number of carbonyl (C=O) groups is 2. The van der Waals surface area contributed by atoms with Crippen molar-refractivity contribution in [3.05, 3.63) is 54.1 Å². The minimum absolute atomic E-state index is 0.118. The zero-order valence-corrected chi connectivity index (χ0v) is 13.7.